The van der Waals surface area contributed by atoms with Gasteiger partial charge >= 0.3 is 0 Å². The summed E-state index contributed by atoms with van der Waals surface area (Å²) in [5.41, 5.74) is 12.8. The molecule has 1 aromatic heterocycles. The van der Waals surface area contributed by atoms with E-state index in [1.54, 1.807) is 0 Å². The molecule has 0 saturated carbocycles. The Balaban J connectivity index is 1.20. The molecular formula is C38H25NO. The summed E-state index contributed by atoms with van der Waals surface area (Å²) in [7, 11) is 0. The second-order valence-corrected chi connectivity index (χ2v) is 11.2. The first kappa shape index (κ1) is 21.9. The molecule has 188 valence electrons. The summed E-state index contributed by atoms with van der Waals surface area (Å²) in [6.45, 7) is 0. The van der Waals surface area contributed by atoms with Crippen LogP contribution in [0.4, 0.5) is 0 Å². The molecule has 2 heteroatoms. The lowest BCUT2D eigenvalue weighted by Crippen LogP contribution is -1.99. The Kier molecular flexibility index (Phi) is 4.40. The third-order valence-electron chi connectivity index (χ3n) is 9.18. The zero-order valence-electron chi connectivity index (χ0n) is 21.9. The fraction of sp³-hybridized carbons (Fsp3) is 0.0789. The molecule has 6 aromatic carbocycles. The van der Waals surface area contributed by atoms with Gasteiger partial charge in [0, 0.05) is 44.3 Å². The fourth-order valence-corrected chi connectivity index (χ4v) is 7.46. The third-order valence-corrected chi connectivity index (χ3v) is 9.18. The molecular weight excluding hydrogens is 486 g/mol. The first-order chi connectivity index (χ1) is 19.8. The lowest BCUT2D eigenvalue weighted by molar-refractivity contribution is 0.104. The Morgan fingerprint density at radius 3 is 1.95 bits per heavy atom. The summed E-state index contributed by atoms with van der Waals surface area (Å²) < 4.78 is 0. The molecule has 0 fully saturated rings. The van der Waals surface area contributed by atoms with Crippen LogP contribution in [0.1, 0.15) is 45.0 Å². The molecule has 0 unspecified atom stereocenters. The maximum absolute atomic E-state index is 13.9. The quantitative estimate of drug-likeness (QED) is 0.252. The van der Waals surface area contributed by atoms with Crippen LogP contribution >= 0.6 is 0 Å². The number of carbonyl (C=O) groups is 1. The van der Waals surface area contributed by atoms with E-state index in [0.29, 0.717) is 5.92 Å². The third kappa shape index (κ3) is 2.85. The molecule has 0 aliphatic heterocycles. The standard InChI is InChI=1S/C38H25NO/c40-38-31-16-8-6-14-29(31)34-28-13-5-7-15-30(28)37-35(36(34)38)32-21-22(18-20-33(32)39-37)17-19-27-25-11-3-1-9-23(25)24-10-2-4-12-26(24)27/h1-16,18,20-21,27,39H,17,19H2. The first-order valence-electron chi connectivity index (χ1n) is 14.1. The van der Waals surface area contributed by atoms with Crippen LogP contribution in [0.3, 0.4) is 0 Å². The van der Waals surface area contributed by atoms with Crippen LogP contribution in [-0.4, -0.2) is 10.8 Å². The maximum atomic E-state index is 13.9. The van der Waals surface area contributed by atoms with E-state index >= 15 is 0 Å². The van der Waals surface area contributed by atoms with Crippen molar-refractivity contribution in [2.75, 3.05) is 0 Å². The van der Waals surface area contributed by atoms with Gasteiger partial charge in [-0.05, 0) is 63.7 Å². The van der Waals surface area contributed by atoms with Gasteiger partial charge in [-0.1, -0.05) is 103 Å². The normalized spacial score (nSPS) is 13.7. The van der Waals surface area contributed by atoms with Crippen molar-refractivity contribution in [2.45, 2.75) is 18.8 Å². The van der Waals surface area contributed by atoms with Gasteiger partial charge in [0.15, 0.2) is 5.78 Å². The molecule has 40 heavy (non-hydrogen) atoms. The van der Waals surface area contributed by atoms with Crippen molar-refractivity contribution < 1.29 is 4.79 Å². The lowest BCUT2D eigenvalue weighted by atomic mass is 9.90. The molecule has 0 bridgehead atoms. The average molecular weight is 512 g/mol. The van der Waals surface area contributed by atoms with Gasteiger partial charge < -0.3 is 4.98 Å². The molecule has 0 amide bonds. The number of benzene rings is 6. The van der Waals surface area contributed by atoms with Crippen molar-refractivity contribution in [3.8, 4) is 22.3 Å². The number of fused-ring (bicyclic) bond motifs is 13. The maximum Gasteiger partial charge on any atom is 0.195 e. The van der Waals surface area contributed by atoms with E-state index in [1.165, 1.54) is 27.8 Å². The highest BCUT2D eigenvalue weighted by Crippen LogP contribution is 2.49. The number of hydrogen-bond acceptors (Lipinski definition) is 1. The van der Waals surface area contributed by atoms with Gasteiger partial charge in [-0.3, -0.25) is 4.79 Å². The molecule has 0 atom stereocenters. The summed E-state index contributed by atoms with van der Waals surface area (Å²) >= 11 is 0. The van der Waals surface area contributed by atoms with Gasteiger partial charge in [0.1, 0.15) is 0 Å². The number of carbonyl (C=O) groups excluding carboxylic acids is 1. The van der Waals surface area contributed by atoms with E-state index in [4.69, 9.17) is 0 Å². The lowest BCUT2D eigenvalue weighted by Gasteiger charge is -2.14. The highest BCUT2D eigenvalue weighted by Gasteiger charge is 2.32. The number of rotatable bonds is 3. The van der Waals surface area contributed by atoms with Crippen LogP contribution in [0.2, 0.25) is 0 Å². The molecule has 9 rings (SSSR count). The molecule has 0 spiro atoms. The molecule has 1 N–H and O–H groups in total. The molecule has 7 aromatic rings. The summed E-state index contributed by atoms with van der Waals surface area (Å²) in [5.74, 6) is 0.530. The number of hydrogen-bond donors (Lipinski definition) is 1. The number of aromatic amines is 1. The second-order valence-electron chi connectivity index (χ2n) is 11.2. The number of H-pyrrole nitrogens is 1. The SMILES string of the molecule is O=C1c2ccccc2-c2c1c1c3cc(CCC4c5ccccc5-c5ccccc54)ccc3[nH]c1c1ccccc21. The van der Waals surface area contributed by atoms with Crippen LogP contribution in [0, 0.1) is 0 Å². The van der Waals surface area contributed by atoms with Gasteiger partial charge in [-0.2, -0.15) is 0 Å². The number of ketones is 1. The highest BCUT2D eigenvalue weighted by molar-refractivity contribution is 6.37. The summed E-state index contributed by atoms with van der Waals surface area (Å²) in [4.78, 5) is 17.6. The van der Waals surface area contributed by atoms with E-state index in [2.05, 4.69) is 102 Å². The van der Waals surface area contributed by atoms with E-state index in [0.717, 1.165) is 67.7 Å². The largest absolute Gasteiger partial charge is 0.354 e. The van der Waals surface area contributed by atoms with Crippen LogP contribution in [0.15, 0.2) is 115 Å². The number of aromatic nitrogens is 1. The Morgan fingerprint density at radius 2 is 1.20 bits per heavy atom. The highest BCUT2D eigenvalue weighted by atomic mass is 16.1. The van der Waals surface area contributed by atoms with E-state index in [-0.39, 0.29) is 5.78 Å². The van der Waals surface area contributed by atoms with Gasteiger partial charge in [-0.25, -0.2) is 0 Å². The number of nitrogens with one attached hydrogen (secondary N) is 1. The monoisotopic (exact) mass is 511 g/mol. The van der Waals surface area contributed by atoms with Gasteiger partial charge in [0.2, 0.25) is 0 Å². The Labute approximate surface area is 231 Å². The zero-order chi connectivity index (χ0) is 26.4. The van der Waals surface area contributed by atoms with Crippen molar-refractivity contribution >= 4 is 38.4 Å². The second kappa shape index (κ2) is 8.03. The van der Waals surface area contributed by atoms with Crippen LogP contribution < -0.4 is 0 Å². The molecule has 2 aliphatic rings. The number of aryl methyl sites for hydroxylation is 1. The zero-order valence-corrected chi connectivity index (χ0v) is 21.9. The average Bonchev–Trinajstić information content (AvgIpc) is 3.64. The summed E-state index contributed by atoms with van der Waals surface area (Å²) in [6.07, 6.45) is 2.02. The molecule has 2 aliphatic carbocycles. The predicted octanol–water partition coefficient (Wildman–Crippen LogP) is 9.43. The Bertz CT molecular complexity index is 2150. The smallest absolute Gasteiger partial charge is 0.195 e. The predicted molar refractivity (Wildman–Crippen MR) is 164 cm³/mol. The summed E-state index contributed by atoms with van der Waals surface area (Å²) in [5, 5.41) is 4.50. The minimum absolute atomic E-state index is 0.131. The Hall–Kier alpha value is -4.95. The van der Waals surface area contributed by atoms with Crippen molar-refractivity contribution in [1.29, 1.82) is 0 Å². The van der Waals surface area contributed by atoms with Crippen LogP contribution in [0.5, 0.6) is 0 Å². The van der Waals surface area contributed by atoms with Crippen molar-refractivity contribution in [1.82, 2.24) is 4.98 Å². The van der Waals surface area contributed by atoms with E-state index in [1.807, 2.05) is 18.2 Å². The molecule has 1 heterocycles. The Morgan fingerprint density at radius 1 is 0.575 bits per heavy atom. The van der Waals surface area contributed by atoms with Crippen LogP contribution in [0.25, 0.3) is 54.8 Å². The van der Waals surface area contributed by atoms with Crippen LogP contribution in [-0.2, 0) is 6.42 Å². The topological polar surface area (TPSA) is 32.9 Å². The van der Waals surface area contributed by atoms with Gasteiger partial charge in [0.25, 0.3) is 0 Å². The first-order valence-corrected chi connectivity index (χ1v) is 14.1. The fourth-order valence-electron chi connectivity index (χ4n) is 7.46. The van der Waals surface area contributed by atoms with E-state index < -0.39 is 0 Å². The van der Waals surface area contributed by atoms with Crippen molar-refractivity contribution in [3.05, 3.63) is 143 Å². The molecule has 0 radical (unpaired) electrons. The van der Waals surface area contributed by atoms with Gasteiger partial charge in [-0.15, -0.1) is 0 Å². The minimum atomic E-state index is 0.131. The minimum Gasteiger partial charge on any atom is -0.354 e. The summed E-state index contributed by atoms with van der Waals surface area (Å²) in [6, 6.07) is 41.0. The molecule has 0 saturated heterocycles. The molecule has 2 nitrogen and oxygen atoms in total. The van der Waals surface area contributed by atoms with Crippen molar-refractivity contribution in [2.24, 2.45) is 0 Å². The van der Waals surface area contributed by atoms with Gasteiger partial charge in [0.05, 0.1) is 5.52 Å². The van der Waals surface area contributed by atoms with E-state index in [9.17, 15) is 4.79 Å². The van der Waals surface area contributed by atoms with Crippen molar-refractivity contribution in [3.63, 3.8) is 0 Å².